The quantitative estimate of drug-likeness (QED) is 0.776. The molecular weight excluding hydrogens is 248 g/mol. The van der Waals surface area contributed by atoms with Gasteiger partial charge in [-0.1, -0.05) is 12.1 Å². The summed E-state index contributed by atoms with van der Waals surface area (Å²) in [5, 5.41) is 0. The van der Waals surface area contributed by atoms with Crippen molar-refractivity contribution in [2.24, 2.45) is 12.8 Å². The molecule has 1 aromatic carbocycles. The highest BCUT2D eigenvalue weighted by Gasteiger charge is 2.17. The van der Waals surface area contributed by atoms with Gasteiger partial charge in [-0.05, 0) is 43.7 Å². The molecule has 4 heteroatoms. The number of benzene rings is 1. The van der Waals surface area contributed by atoms with Gasteiger partial charge >= 0.3 is 0 Å². The summed E-state index contributed by atoms with van der Waals surface area (Å²) < 4.78 is 2.06. The van der Waals surface area contributed by atoms with Crippen LogP contribution in [0.4, 0.5) is 0 Å². The minimum atomic E-state index is -0.358. The summed E-state index contributed by atoms with van der Waals surface area (Å²) in [7, 11) is 2.01. The molecule has 2 N–H and O–H groups in total. The molecular formula is C16H18N4. The summed E-state index contributed by atoms with van der Waals surface area (Å²) in [6.07, 6.45) is 1.78. The third kappa shape index (κ3) is 2.08. The lowest BCUT2D eigenvalue weighted by molar-refractivity contribution is 0.555. The van der Waals surface area contributed by atoms with Gasteiger partial charge in [-0.2, -0.15) is 0 Å². The standard InChI is InChI=1S/C16H18N4/c1-16(2,17)11-7-8-12-14(10-11)20(3)15(19-12)13-6-4-5-9-18-13/h4-10H,17H2,1-3H3. The predicted octanol–water partition coefficient (Wildman–Crippen LogP) is 2.83. The Labute approximate surface area is 118 Å². The van der Waals surface area contributed by atoms with Crippen LogP contribution in [0.2, 0.25) is 0 Å². The number of rotatable bonds is 2. The van der Waals surface area contributed by atoms with Crippen LogP contribution in [0.1, 0.15) is 19.4 Å². The number of hydrogen-bond donors (Lipinski definition) is 1. The molecule has 0 spiro atoms. The Morgan fingerprint density at radius 3 is 2.60 bits per heavy atom. The van der Waals surface area contributed by atoms with Gasteiger partial charge in [-0.15, -0.1) is 0 Å². The van der Waals surface area contributed by atoms with E-state index in [-0.39, 0.29) is 5.54 Å². The van der Waals surface area contributed by atoms with Crippen LogP contribution in [0.25, 0.3) is 22.6 Å². The molecule has 0 bridgehead atoms. The minimum Gasteiger partial charge on any atom is -0.326 e. The summed E-state index contributed by atoms with van der Waals surface area (Å²) in [6.45, 7) is 4.01. The molecule has 0 aliphatic rings. The number of nitrogens with zero attached hydrogens (tertiary/aromatic N) is 3. The maximum atomic E-state index is 6.17. The van der Waals surface area contributed by atoms with Crippen molar-refractivity contribution < 1.29 is 0 Å². The number of aryl methyl sites for hydroxylation is 1. The van der Waals surface area contributed by atoms with E-state index in [4.69, 9.17) is 5.73 Å². The number of nitrogens with two attached hydrogens (primary N) is 1. The van der Waals surface area contributed by atoms with Gasteiger partial charge in [0.2, 0.25) is 0 Å². The first kappa shape index (κ1) is 12.8. The van der Waals surface area contributed by atoms with Crippen LogP contribution >= 0.6 is 0 Å². The predicted molar refractivity (Wildman–Crippen MR) is 81.2 cm³/mol. The van der Waals surface area contributed by atoms with Crippen molar-refractivity contribution >= 4 is 11.0 Å². The summed E-state index contributed by atoms with van der Waals surface area (Å²) >= 11 is 0. The highest BCUT2D eigenvalue weighted by Crippen LogP contribution is 2.26. The van der Waals surface area contributed by atoms with Crippen LogP contribution in [0.3, 0.4) is 0 Å². The number of fused-ring (bicyclic) bond motifs is 1. The largest absolute Gasteiger partial charge is 0.326 e. The van der Waals surface area contributed by atoms with E-state index in [1.165, 1.54) is 0 Å². The summed E-state index contributed by atoms with van der Waals surface area (Å²) in [5.41, 5.74) is 9.82. The molecule has 0 saturated carbocycles. The van der Waals surface area contributed by atoms with Crippen LogP contribution < -0.4 is 5.73 Å². The fraction of sp³-hybridized carbons (Fsp3) is 0.250. The normalized spacial score (nSPS) is 12.0. The Kier molecular flexibility index (Phi) is 2.83. The first-order chi connectivity index (χ1) is 9.47. The maximum Gasteiger partial charge on any atom is 0.159 e. The molecule has 0 radical (unpaired) electrons. The second-order valence-corrected chi connectivity index (χ2v) is 5.63. The molecule has 3 rings (SSSR count). The second-order valence-electron chi connectivity index (χ2n) is 5.63. The fourth-order valence-electron chi connectivity index (χ4n) is 2.31. The lowest BCUT2D eigenvalue weighted by Crippen LogP contribution is -2.28. The molecule has 3 aromatic rings. The van der Waals surface area contributed by atoms with E-state index in [2.05, 4.69) is 20.6 Å². The average molecular weight is 266 g/mol. The van der Waals surface area contributed by atoms with Gasteiger partial charge in [-0.25, -0.2) is 4.98 Å². The molecule has 20 heavy (non-hydrogen) atoms. The van der Waals surface area contributed by atoms with Gasteiger partial charge in [0.15, 0.2) is 5.82 Å². The SMILES string of the molecule is Cn1c(-c2ccccn2)nc2ccc(C(C)(C)N)cc21. The molecule has 0 aliphatic carbocycles. The number of imidazole rings is 1. The van der Waals surface area contributed by atoms with Crippen LogP contribution in [0.5, 0.6) is 0 Å². The Morgan fingerprint density at radius 2 is 1.95 bits per heavy atom. The third-order valence-electron chi connectivity index (χ3n) is 3.52. The van der Waals surface area contributed by atoms with Crippen LogP contribution in [0, 0.1) is 0 Å². The molecule has 0 amide bonds. The second kappa shape index (κ2) is 4.42. The van der Waals surface area contributed by atoms with Gasteiger partial charge in [0, 0.05) is 18.8 Å². The van der Waals surface area contributed by atoms with E-state index in [0.29, 0.717) is 0 Å². The van der Waals surface area contributed by atoms with Crippen molar-refractivity contribution in [1.82, 2.24) is 14.5 Å². The van der Waals surface area contributed by atoms with Crippen molar-refractivity contribution in [3.63, 3.8) is 0 Å². The van der Waals surface area contributed by atoms with Crippen LogP contribution in [0.15, 0.2) is 42.6 Å². The van der Waals surface area contributed by atoms with E-state index in [1.807, 2.05) is 51.2 Å². The number of hydrogen-bond acceptors (Lipinski definition) is 3. The monoisotopic (exact) mass is 266 g/mol. The molecule has 2 aromatic heterocycles. The van der Waals surface area contributed by atoms with Gasteiger partial charge in [0.05, 0.1) is 11.0 Å². The van der Waals surface area contributed by atoms with Crippen molar-refractivity contribution in [2.75, 3.05) is 0 Å². The van der Waals surface area contributed by atoms with Gasteiger partial charge in [0.25, 0.3) is 0 Å². The van der Waals surface area contributed by atoms with Gasteiger partial charge < -0.3 is 10.3 Å². The molecule has 0 saturated heterocycles. The topological polar surface area (TPSA) is 56.7 Å². The minimum absolute atomic E-state index is 0.358. The molecule has 0 unspecified atom stereocenters. The Hall–Kier alpha value is -2.20. The van der Waals surface area contributed by atoms with Crippen molar-refractivity contribution in [2.45, 2.75) is 19.4 Å². The van der Waals surface area contributed by atoms with Crippen molar-refractivity contribution in [1.29, 1.82) is 0 Å². The Morgan fingerprint density at radius 1 is 1.15 bits per heavy atom. The number of aromatic nitrogens is 3. The highest BCUT2D eigenvalue weighted by molar-refractivity contribution is 5.80. The van der Waals surface area contributed by atoms with E-state index in [9.17, 15) is 0 Å². The smallest absolute Gasteiger partial charge is 0.159 e. The molecule has 0 atom stereocenters. The molecule has 102 valence electrons. The fourth-order valence-corrected chi connectivity index (χ4v) is 2.31. The third-order valence-corrected chi connectivity index (χ3v) is 3.52. The van der Waals surface area contributed by atoms with Crippen LogP contribution in [-0.2, 0) is 12.6 Å². The summed E-state index contributed by atoms with van der Waals surface area (Å²) in [5.74, 6) is 0.868. The summed E-state index contributed by atoms with van der Waals surface area (Å²) in [6, 6.07) is 12.0. The van der Waals surface area contributed by atoms with Gasteiger partial charge in [-0.3, -0.25) is 4.98 Å². The zero-order chi connectivity index (χ0) is 14.3. The Balaban J connectivity index is 2.21. The zero-order valence-corrected chi connectivity index (χ0v) is 12.0. The Bertz CT molecular complexity index is 751. The summed E-state index contributed by atoms with van der Waals surface area (Å²) in [4.78, 5) is 9.03. The maximum absolute atomic E-state index is 6.17. The van der Waals surface area contributed by atoms with E-state index in [1.54, 1.807) is 6.20 Å². The number of pyridine rings is 1. The molecule has 4 nitrogen and oxygen atoms in total. The first-order valence-corrected chi connectivity index (χ1v) is 6.64. The van der Waals surface area contributed by atoms with Crippen LogP contribution in [-0.4, -0.2) is 14.5 Å². The highest BCUT2D eigenvalue weighted by atomic mass is 15.1. The van der Waals surface area contributed by atoms with E-state index in [0.717, 1.165) is 28.1 Å². The molecule has 0 aliphatic heterocycles. The molecule has 2 heterocycles. The first-order valence-electron chi connectivity index (χ1n) is 6.64. The molecule has 0 fully saturated rings. The van der Waals surface area contributed by atoms with Gasteiger partial charge in [0.1, 0.15) is 5.69 Å². The zero-order valence-electron chi connectivity index (χ0n) is 12.0. The lowest BCUT2D eigenvalue weighted by Gasteiger charge is -2.19. The average Bonchev–Trinajstić information content (AvgIpc) is 2.76. The van der Waals surface area contributed by atoms with Crippen molar-refractivity contribution in [3.05, 3.63) is 48.2 Å². The van der Waals surface area contributed by atoms with E-state index >= 15 is 0 Å². The van der Waals surface area contributed by atoms with Crippen molar-refractivity contribution in [3.8, 4) is 11.5 Å². The van der Waals surface area contributed by atoms with E-state index < -0.39 is 0 Å². The lowest BCUT2D eigenvalue weighted by atomic mass is 9.95.